The lowest BCUT2D eigenvalue weighted by Gasteiger charge is -1.99. The van der Waals surface area contributed by atoms with Crippen molar-refractivity contribution in [3.63, 3.8) is 0 Å². The average Bonchev–Trinajstić information content (AvgIpc) is 3.04. The van der Waals surface area contributed by atoms with Crippen LogP contribution in [0.5, 0.6) is 0 Å². The fraction of sp³-hybridized carbons (Fsp3) is 0.100. The first-order chi connectivity index (χ1) is 10.8. The number of nitrogens with zero attached hydrogens (tertiary/aromatic N) is 1. The molecular weight excluding hydrogens is 286 g/mol. The van der Waals surface area contributed by atoms with E-state index in [9.17, 15) is 0 Å². The van der Waals surface area contributed by atoms with E-state index in [0.717, 1.165) is 0 Å². The largest absolute Gasteiger partial charge is 0.344 e. The summed E-state index contributed by atoms with van der Waals surface area (Å²) in [5, 5.41) is 4.00. The van der Waals surface area contributed by atoms with Gasteiger partial charge in [0.25, 0.3) is 0 Å². The average molecular weight is 303 g/mol. The maximum atomic E-state index is 4.06. The molecule has 0 saturated heterocycles. The van der Waals surface area contributed by atoms with Crippen LogP contribution in [-0.2, 0) is 7.05 Å². The minimum absolute atomic E-state index is 1.25. The zero-order valence-corrected chi connectivity index (χ0v) is 13.6. The van der Waals surface area contributed by atoms with Crippen LogP contribution in [0.4, 0.5) is 0 Å². The number of allylic oxidation sites excluding steroid dienone is 1. The van der Waals surface area contributed by atoms with Gasteiger partial charge in [-0.1, -0.05) is 36.9 Å². The molecule has 0 aliphatic heterocycles. The molecule has 2 aromatic heterocycles. The highest BCUT2D eigenvalue weighted by Crippen LogP contribution is 2.41. The van der Waals surface area contributed by atoms with E-state index >= 15 is 0 Å². The number of hydrogen-bond acceptors (Lipinski definition) is 1. The molecule has 1 nitrogen and oxygen atoms in total. The van der Waals surface area contributed by atoms with Crippen LogP contribution in [0, 0.1) is 0 Å². The highest BCUT2D eigenvalue weighted by molar-refractivity contribution is 7.20. The van der Waals surface area contributed by atoms with Crippen molar-refractivity contribution in [2.45, 2.75) is 6.92 Å². The van der Waals surface area contributed by atoms with Crippen molar-refractivity contribution >= 4 is 55.4 Å². The van der Waals surface area contributed by atoms with Gasteiger partial charge >= 0.3 is 0 Å². The van der Waals surface area contributed by atoms with Gasteiger partial charge in [0.1, 0.15) is 0 Å². The van der Waals surface area contributed by atoms with Gasteiger partial charge in [-0.15, -0.1) is 11.3 Å². The van der Waals surface area contributed by atoms with Gasteiger partial charge in [-0.05, 0) is 31.2 Å². The summed E-state index contributed by atoms with van der Waals surface area (Å²) in [5.74, 6) is 0. The first-order valence-electron chi connectivity index (χ1n) is 7.44. The summed E-state index contributed by atoms with van der Waals surface area (Å²) in [6.45, 7) is 6.12. The summed E-state index contributed by atoms with van der Waals surface area (Å²) < 4.78 is 3.61. The topological polar surface area (TPSA) is 4.93 Å². The Bertz CT molecular complexity index is 1060. The Kier molecular flexibility index (Phi) is 2.95. The van der Waals surface area contributed by atoms with E-state index in [1.54, 1.807) is 0 Å². The molecule has 108 valence electrons. The van der Waals surface area contributed by atoms with Gasteiger partial charge < -0.3 is 4.57 Å². The number of aryl methyl sites for hydroxylation is 1. The highest BCUT2D eigenvalue weighted by Gasteiger charge is 2.16. The van der Waals surface area contributed by atoms with E-state index in [4.69, 9.17) is 0 Å². The number of aromatic nitrogens is 1. The Labute approximate surface area is 133 Å². The smallest absolute Gasteiger partial charge is 0.0496 e. The first-order valence-corrected chi connectivity index (χ1v) is 8.25. The first kappa shape index (κ1) is 13.4. The molecule has 4 aromatic rings. The molecule has 2 aromatic carbocycles. The standard InChI is InChI=1S/C20H17NS/c1-4-8-17-13(5-2)20-18(22-17)12-11-16-19(20)14-9-6-7-10-15(14)21(16)3/h4-12H,2H2,1,3H3/b8-4-. The molecule has 0 radical (unpaired) electrons. The monoisotopic (exact) mass is 303 g/mol. The Balaban J connectivity index is 2.32. The van der Waals surface area contributed by atoms with Crippen LogP contribution in [0.15, 0.2) is 49.1 Å². The summed E-state index contributed by atoms with van der Waals surface area (Å²) >= 11 is 1.84. The summed E-state index contributed by atoms with van der Waals surface area (Å²) in [7, 11) is 2.14. The Morgan fingerprint density at radius 2 is 1.86 bits per heavy atom. The van der Waals surface area contributed by atoms with Gasteiger partial charge in [-0.2, -0.15) is 0 Å². The van der Waals surface area contributed by atoms with Crippen molar-refractivity contribution in [2.24, 2.45) is 7.05 Å². The molecular formula is C20H17NS. The molecule has 0 N–H and O–H groups in total. The fourth-order valence-corrected chi connectivity index (χ4v) is 4.55. The minimum Gasteiger partial charge on any atom is -0.344 e. The van der Waals surface area contributed by atoms with E-state index in [1.807, 2.05) is 17.4 Å². The molecule has 0 bridgehead atoms. The molecule has 0 aliphatic rings. The van der Waals surface area contributed by atoms with Crippen LogP contribution >= 0.6 is 11.3 Å². The van der Waals surface area contributed by atoms with Gasteiger partial charge in [-0.3, -0.25) is 0 Å². The Morgan fingerprint density at radius 1 is 1.05 bits per heavy atom. The summed E-state index contributed by atoms with van der Waals surface area (Å²) in [4.78, 5) is 1.29. The van der Waals surface area contributed by atoms with Crippen molar-refractivity contribution in [2.75, 3.05) is 0 Å². The maximum Gasteiger partial charge on any atom is 0.0496 e. The second-order valence-electron chi connectivity index (χ2n) is 5.49. The van der Waals surface area contributed by atoms with Crippen molar-refractivity contribution in [1.29, 1.82) is 0 Å². The zero-order valence-electron chi connectivity index (χ0n) is 12.8. The van der Waals surface area contributed by atoms with Crippen LogP contribution in [0.25, 0.3) is 44.0 Å². The van der Waals surface area contributed by atoms with E-state index in [0.29, 0.717) is 0 Å². The van der Waals surface area contributed by atoms with Gasteiger partial charge in [0, 0.05) is 49.4 Å². The Morgan fingerprint density at radius 3 is 2.64 bits per heavy atom. The van der Waals surface area contributed by atoms with Crippen molar-refractivity contribution < 1.29 is 0 Å². The zero-order chi connectivity index (χ0) is 15.3. The summed E-state index contributed by atoms with van der Waals surface area (Å²) in [6, 6.07) is 13.1. The normalized spacial score (nSPS) is 12.1. The molecule has 0 aliphatic carbocycles. The number of thiophene rings is 1. The van der Waals surface area contributed by atoms with Crippen LogP contribution in [0.1, 0.15) is 17.4 Å². The van der Waals surface area contributed by atoms with E-state index in [1.165, 1.54) is 42.3 Å². The molecule has 22 heavy (non-hydrogen) atoms. The maximum absolute atomic E-state index is 4.06. The number of hydrogen-bond donors (Lipinski definition) is 0. The van der Waals surface area contributed by atoms with E-state index in [-0.39, 0.29) is 0 Å². The van der Waals surface area contributed by atoms with Crippen molar-refractivity contribution in [1.82, 2.24) is 4.57 Å². The number of para-hydroxylation sites is 1. The third kappa shape index (κ3) is 1.65. The van der Waals surface area contributed by atoms with Crippen molar-refractivity contribution in [3.05, 3.63) is 59.5 Å². The SMILES string of the molecule is C=Cc1c(/C=C\C)sc2ccc3c(c4ccccc4n3C)c12. The van der Waals surface area contributed by atoms with Crippen LogP contribution in [0.3, 0.4) is 0 Å². The lowest BCUT2D eigenvalue weighted by atomic mass is 10.0. The van der Waals surface area contributed by atoms with E-state index in [2.05, 4.69) is 73.7 Å². The molecule has 0 fully saturated rings. The van der Waals surface area contributed by atoms with E-state index < -0.39 is 0 Å². The predicted molar refractivity (Wildman–Crippen MR) is 101 cm³/mol. The van der Waals surface area contributed by atoms with Crippen LogP contribution in [-0.4, -0.2) is 4.57 Å². The summed E-state index contributed by atoms with van der Waals surface area (Å²) in [6.07, 6.45) is 6.27. The third-order valence-corrected chi connectivity index (χ3v) is 5.45. The number of rotatable bonds is 2. The van der Waals surface area contributed by atoms with Gasteiger partial charge in [-0.25, -0.2) is 0 Å². The predicted octanol–water partition coefficient (Wildman–Crippen LogP) is 6.22. The highest BCUT2D eigenvalue weighted by atomic mass is 32.1. The van der Waals surface area contributed by atoms with Gasteiger partial charge in [0.2, 0.25) is 0 Å². The van der Waals surface area contributed by atoms with Gasteiger partial charge in [0.05, 0.1) is 0 Å². The second-order valence-corrected chi connectivity index (χ2v) is 6.58. The molecule has 2 heterocycles. The number of benzene rings is 2. The van der Waals surface area contributed by atoms with Crippen molar-refractivity contribution in [3.8, 4) is 0 Å². The second kappa shape index (κ2) is 4.85. The minimum atomic E-state index is 1.25. The van der Waals surface area contributed by atoms with Gasteiger partial charge in [0.15, 0.2) is 0 Å². The third-order valence-electron chi connectivity index (χ3n) is 4.32. The Hall–Kier alpha value is -2.32. The molecule has 0 saturated carbocycles. The van der Waals surface area contributed by atoms with Crippen LogP contribution in [0.2, 0.25) is 0 Å². The number of fused-ring (bicyclic) bond motifs is 5. The summed E-state index contributed by atoms with van der Waals surface area (Å²) in [5.41, 5.74) is 3.81. The molecule has 4 rings (SSSR count). The quantitative estimate of drug-likeness (QED) is 0.414. The molecule has 0 atom stereocenters. The molecule has 0 unspecified atom stereocenters. The molecule has 2 heteroatoms. The lowest BCUT2D eigenvalue weighted by molar-refractivity contribution is 1.01. The molecule has 0 amide bonds. The van der Waals surface area contributed by atoms with Crippen LogP contribution < -0.4 is 0 Å². The molecule has 0 spiro atoms. The lowest BCUT2D eigenvalue weighted by Crippen LogP contribution is -1.85. The fourth-order valence-electron chi connectivity index (χ4n) is 3.36.